The minimum absolute atomic E-state index is 0.171. The summed E-state index contributed by atoms with van der Waals surface area (Å²) in [5, 5.41) is 3.22. The molecule has 0 saturated carbocycles. The van der Waals surface area contributed by atoms with Gasteiger partial charge >= 0.3 is 5.97 Å². The molecule has 29 heavy (non-hydrogen) atoms. The standard InChI is InChI=1S/C24H30N2O3/c1-2-29-24(28)21-10-6-7-11-22(21)25-15-12-23(27)26-16-13-20(14-17-26)18-19-8-4-3-5-9-19/h3-11,20,25H,2,12-18H2,1H3. The molecule has 0 spiro atoms. The summed E-state index contributed by atoms with van der Waals surface area (Å²) in [6.07, 6.45) is 3.62. The Bertz CT molecular complexity index is 799. The van der Waals surface area contributed by atoms with Crippen LogP contribution in [0.5, 0.6) is 0 Å². The summed E-state index contributed by atoms with van der Waals surface area (Å²) in [5.74, 6) is 0.475. The van der Waals surface area contributed by atoms with E-state index in [2.05, 4.69) is 29.6 Å². The molecule has 2 aromatic rings. The number of para-hydroxylation sites is 1. The number of benzene rings is 2. The zero-order chi connectivity index (χ0) is 20.5. The summed E-state index contributed by atoms with van der Waals surface area (Å²) in [7, 11) is 0. The van der Waals surface area contributed by atoms with Gasteiger partial charge in [0.1, 0.15) is 0 Å². The van der Waals surface area contributed by atoms with E-state index in [1.807, 2.05) is 29.2 Å². The number of nitrogens with one attached hydrogen (secondary N) is 1. The Hall–Kier alpha value is -2.82. The highest BCUT2D eigenvalue weighted by Gasteiger charge is 2.22. The third-order valence-corrected chi connectivity index (χ3v) is 5.41. The number of rotatable bonds is 8. The van der Waals surface area contributed by atoms with Gasteiger partial charge in [-0.3, -0.25) is 4.79 Å². The third kappa shape index (κ3) is 6.08. The molecule has 5 heteroatoms. The van der Waals surface area contributed by atoms with Crippen LogP contribution in [0.4, 0.5) is 5.69 Å². The Kier molecular flexibility index (Phi) is 7.68. The number of esters is 1. The number of carbonyl (C=O) groups excluding carboxylic acids is 2. The number of hydrogen-bond acceptors (Lipinski definition) is 4. The van der Waals surface area contributed by atoms with Crippen molar-refractivity contribution in [2.75, 3.05) is 31.6 Å². The quantitative estimate of drug-likeness (QED) is 0.684. The predicted molar refractivity (Wildman–Crippen MR) is 115 cm³/mol. The van der Waals surface area contributed by atoms with Crippen molar-refractivity contribution in [2.24, 2.45) is 5.92 Å². The predicted octanol–water partition coefficient (Wildman–Crippen LogP) is 4.15. The second-order valence-corrected chi connectivity index (χ2v) is 7.46. The molecule has 0 radical (unpaired) electrons. The Labute approximate surface area is 173 Å². The van der Waals surface area contributed by atoms with Crippen LogP contribution in [-0.2, 0) is 16.0 Å². The molecule has 1 amide bonds. The second kappa shape index (κ2) is 10.6. The molecule has 5 nitrogen and oxygen atoms in total. The molecule has 1 saturated heterocycles. The highest BCUT2D eigenvalue weighted by molar-refractivity contribution is 5.95. The lowest BCUT2D eigenvalue weighted by Gasteiger charge is -2.32. The van der Waals surface area contributed by atoms with E-state index in [0.29, 0.717) is 36.7 Å². The van der Waals surface area contributed by atoms with Gasteiger partial charge in [0.05, 0.1) is 12.2 Å². The van der Waals surface area contributed by atoms with Gasteiger partial charge in [0, 0.05) is 31.7 Å². The maximum Gasteiger partial charge on any atom is 0.340 e. The molecular formula is C24H30N2O3. The van der Waals surface area contributed by atoms with Crippen molar-refractivity contribution in [1.29, 1.82) is 0 Å². The fraction of sp³-hybridized carbons (Fsp3) is 0.417. The molecule has 1 aliphatic rings. The minimum Gasteiger partial charge on any atom is -0.462 e. The lowest BCUT2D eigenvalue weighted by Crippen LogP contribution is -2.39. The summed E-state index contributed by atoms with van der Waals surface area (Å²) >= 11 is 0. The highest BCUT2D eigenvalue weighted by atomic mass is 16.5. The zero-order valence-corrected chi connectivity index (χ0v) is 17.1. The molecule has 0 atom stereocenters. The smallest absolute Gasteiger partial charge is 0.340 e. The van der Waals surface area contributed by atoms with E-state index in [4.69, 9.17) is 4.74 Å². The molecule has 1 heterocycles. The summed E-state index contributed by atoms with van der Waals surface area (Å²) in [4.78, 5) is 26.6. The molecule has 2 aromatic carbocycles. The van der Waals surface area contributed by atoms with E-state index in [1.165, 1.54) is 5.56 Å². The lowest BCUT2D eigenvalue weighted by molar-refractivity contribution is -0.132. The summed E-state index contributed by atoms with van der Waals surface area (Å²) in [5.41, 5.74) is 2.59. The van der Waals surface area contributed by atoms with Crippen LogP contribution in [0.15, 0.2) is 54.6 Å². The highest BCUT2D eigenvalue weighted by Crippen LogP contribution is 2.22. The van der Waals surface area contributed by atoms with Gasteiger partial charge in [0.25, 0.3) is 0 Å². The van der Waals surface area contributed by atoms with Gasteiger partial charge in [0.2, 0.25) is 5.91 Å². The van der Waals surface area contributed by atoms with Crippen LogP contribution in [0, 0.1) is 5.92 Å². The largest absolute Gasteiger partial charge is 0.462 e. The van der Waals surface area contributed by atoms with Crippen molar-refractivity contribution in [3.63, 3.8) is 0 Å². The molecule has 0 bridgehead atoms. The minimum atomic E-state index is -0.345. The normalized spacial score (nSPS) is 14.4. The molecule has 3 rings (SSSR count). The Morgan fingerprint density at radius 2 is 1.72 bits per heavy atom. The lowest BCUT2D eigenvalue weighted by atomic mass is 9.90. The second-order valence-electron chi connectivity index (χ2n) is 7.46. The van der Waals surface area contributed by atoms with E-state index < -0.39 is 0 Å². The first-order valence-corrected chi connectivity index (χ1v) is 10.5. The van der Waals surface area contributed by atoms with Crippen molar-refractivity contribution >= 4 is 17.6 Å². The number of ether oxygens (including phenoxy) is 1. The summed E-state index contributed by atoms with van der Waals surface area (Å²) in [6, 6.07) is 17.8. The van der Waals surface area contributed by atoms with Crippen LogP contribution < -0.4 is 5.32 Å². The van der Waals surface area contributed by atoms with Crippen LogP contribution in [0.2, 0.25) is 0 Å². The third-order valence-electron chi connectivity index (χ3n) is 5.41. The number of amides is 1. The van der Waals surface area contributed by atoms with Crippen LogP contribution in [-0.4, -0.2) is 43.0 Å². The maximum atomic E-state index is 12.6. The molecule has 0 aromatic heterocycles. The van der Waals surface area contributed by atoms with E-state index in [-0.39, 0.29) is 11.9 Å². The zero-order valence-electron chi connectivity index (χ0n) is 17.1. The summed E-state index contributed by atoms with van der Waals surface area (Å²) < 4.78 is 5.09. The van der Waals surface area contributed by atoms with Crippen molar-refractivity contribution in [1.82, 2.24) is 4.90 Å². The number of piperidine rings is 1. The monoisotopic (exact) mass is 394 g/mol. The number of likely N-dealkylation sites (tertiary alicyclic amines) is 1. The van der Waals surface area contributed by atoms with E-state index in [9.17, 15) is 9.59 Å². The SMILES string of the molecule is CCOC(=O)c1ccccc1NCCC(=O)N1CCC(Cc2ccccc2)CC1. The van der Waals surface area contributed by atoms with Crippen molar-refractivity contribution in [3.8, 4) is 0 Å². The van der Waals surface area contributed by atoms with Gasteiger partial charge in [0.15, 0.2) is 0 Å². The Balaban J connectivity index is 1.42. The summed E-state index contributed by atoms with van der Waals surface area (Å²) in [6.45, 7) is 4.28. The van der Waals surface area contributed by atoms with Crippen molar-refractivity contribution in [3.05, 3.63) is 65.7 Å². The average molecular weight is 395 g/mol. The topological polar surface area (TPSA) is 58.6 Å². The fourth-order valence-electron chi connectivity index (χ4n) is 3.82. The first kappa shape index (κ1) is 20.9. The Morgan fingerprint density at radius 1 is 1.03 bits per heavy atom. The fourth-order valence-corrected chi connectivity index (χ4v) is 3.82. The van der Waals surface area contributed by atoms with E-state index in [1.54, 1.807) is 13.0 Å². The van der Waals surface area contributed by atoms with Crippen molar-refractivity contribution < 1.29 is 14.3 Å². The van der Waals surface area contributed by atoms with Crippen LogP contribution in [0.1, 0.15) is 42.1 Å². The van der Waals surface area contributed by atoms with Gasteiger partial charge < -0.3 is 15.0 Å². The number of nitrogens with zero attached hydrogens (tertiary/aromatic N) is 1. The molecule has 0 unspecified atom stereocenters. The van der Waals surface area contributed by atoms with E-state index in [0.717, 1.165) is 32.4 Å². The molecule has 1 N–H and O–H groups in total. The average Bonchev–Trinajstić information content (AvgIpc) is 2.75. The van der Waals surface area contributed by atoms with Crippen LogP contribution >= 0.6 is 0 Å². The molecule has 1 fully saturated rings. The first-order valence-electron chi connectivity index (χ1n) is 10.5. The van der Waals surface area contributed by atoms with Crippen LogP contribution in [0.3, 0.4) is 0 Å². The van der Waals surface area contributed by atoms with Gasteiger partial charge in [-0.05, 0) is 49.8 Å². The first-order chi connectivity index (χ1) is 14.2. The van der Waals surface area contributed by atoms with Gasteiger partial charge in [-0.25, -0.2) is 4.79 Å². The molecular weight excluding hydrogens is 364 g/mol. The van der Waals surface area contributed by atoms with Gasteiger partial charge in [-0.2, -0.15) is 0 Å². The number of hydrogen-bond donors (Lipinski definition) is 1. The number of anilines is 1. The van der Waals surface area contributed by atoms with Gasteiger partial charge in [-0.15, -0.1) is 0 Å². The van der Waals surface area contributed by atoms with E-state index >= 15 is 0 Å². The van der Waals surface area contributed by atoms with Gasteiger partial charge in [-0.1, -0.05) is 42.5 Å². The molecule has 0 aliphatic carbocycles. The molecule has 1 aliphatic heterocycles. The maximum absolute atomic E-state index is 12.6. The molecule has 154 valence electrons. The van der Waals surface area contributed by atoms with Crippen molar-refractivity contribution in [2.45, 2.75) is 32.6 Å². The number of carbonyl (C=O) groups is 2. The van der Waals surface area contributed by atoms with Crippen LogP contribution in [0.25, 0.3) is 0 Å². The Morgan fingerprint density at radius 3 is 2.45 bits per heavy atom.